The third kappa shape index (κ3) is 9.58. The van der Waals surface area contributed by atoms with Crippen LogP contribution in [0.4, 0.5) is 0 Å². The van der Waals surface area contributed by atoms with Gasteiger partial charge in [-0.05, 0) is 6.42 Å². The molecule has 0 heterocycles. The van der Waals surface area contributed by atoms with Gasteiger partial charge in [0.15, 0.2) is 11.4 Å². The molecule has 1 N–H and O–H groups in total. The van der Waals surface area contributed by atoms with Gasteiger partial charge in [0.25, 0.3) is 0 Å². The van der Waals surface area contributed by atoms with E-state index in [1.54, 1.807) is 0 Å². The molecule has 0 rings (SSSR count). The Hall–Kier alpha value is -0.940. The van der Waals surface area contributed by atoms with Crippen LogP contribution in [0.5, 0.6) is 0 Å². The third-order valence-electron chi connectivity index (χ3n) is 3.45. The predicted octanol–water partition coefficient (Wildman–Crippen LogP) is 0.883. The first-order valence-corrected chi connectivity index (χ1v) is 7.87. The molecule has 0 bridgehead atoms. The Kier molecular flexibility index (Phi) is 8.74. The average Bonchev–Trinajstić information content (AvgIpc) is 2.29. The highest BCUT2D eigenvalue weighted by Crippen LogP contribution is 2.19. The van der Waals surface area contributed by atoms with Crippen molar-refractivity contribution in [1.29, 1.82) is 0 Å². The van der Waals surface area contributed by atoms with Crippen molar-refractivity contribution in [3.8, 4) is 0 Å². The molecule has 0 aliphatic heterocycles. The number of carboxylic acids is 1. The van der Waals surface area contributed by atoms with Gasteiger partial charge in [-0.3, -0.25) is 4.79 Å². The second-order valence-electron chi connectivity index (χ2n) is 6.97. The molecule has 0 aliphatic rings. The van der Waals surface area contributed by atoms with Crippen LogP contribution in [-0.4, -0.2) is 54.6 Å². The molecule has 0 radical (unpaired) electrons. The number of carbonyl (C=O) groups is 2. The van der Waals surface area contributed by atoms with Gasteiger partial charge in [-0.2, -0.15) is 0 Å². The number of nitrogens with zero attached hydrogens (tertiary/aromatic N) is 1. The fourth-order valence-corrected chi connectivity index (χ4v) is 2.56. The number of carbonyl (C=O) groups excluding carboxylic acids is 2. The molecule has 0 aromatic carbocycles. The van der Waals surface area contributed by atoms with Crippen LogP contribution in [-0.2, 0) is 9.59 Å². The molecule has 0 saturated heterocycles. The SMILES string of the molecule is CCCCCCCCC(=O)C(O)(CC(=O)[O-])C[N+](C)(C)C. The molecule has 0 saturated carbocycles. The highest BCUT2D eigenvalue weighted by atomic mass is 16.4. The highest BCUT2D eigenvalue weighted by Gasteiger charge is 2.40. The van der Waals surface area contributed by atoms with E-state index in [2.05, 4.69) is 6.92 Å². The van der Waals surface area contributed by atoms with Gasteiger partial charge in [0.2, 0.25) is 0 Å². The molecule has 0 aliphatic carbocycles. The van der Waals surface area contributed by atoms with Crippen molar-refractivity contribution in [2.45, 2.75) is 63.9 Å². The van der Waals surface area contributed by atoms with Crippen LogP contribution in [0, 0.1) is 0 Å². The first-order valence-electron chi connectivity index (χ1n) is 7.87. The molecular weight excluding hydrogens is 270 g/mol. The molecule has 1 unspecified atom stereocenters. The van der Waals surface area contributed by atoms with Crippen molar-refractivity contribution in [3.63, 3.8) is 0 Å². The van der Waals surface area contributed by atoms with Crippen LogP contribution >= 0.6 is 0 Å². The summed E-state index contributed by atoms with van der Waals surface area (Å²) in [5, 5.41) is 21.3. The molecule has 21 heavy (non-hydrogen) atoms. The standard InChI is InChI=1S/C16H31NO4/c1-5-6-7-8-9-10-11-14(18)16(21,12-15(19)20)13-17(2,3)4/h21H,5-13H2,1-4H3. The van der Waals surface area contributed by atoms with Gasteiger partial charge in [0.1, 0.15) is 6.54 Å². The second-order valence-corrected chi connectivity index (χ2v) is 6.97. The Labute approximate surface area is 128 Å². The van der Waals surface area contributed by atoms with E-state index < -0.39 is 18.0 Å². The first-order chi connectivity index (χ1) is 9.60. The van der Waals surface area contributed by atoms with Crippen LogP contribution in [0.1, 0.15) is 58.3 Å². The van der Waals surface area contributed by atoms with E-state index in [1.807, 2.05) is 21.1 Å². The van der Waals surface area contributed by atoms with E-state index in [9.17, 15) is 19.8 Å². The summed E-state index contributed by atoms with van der Waals surface area (Å²) >= 11 is 0. The number of hydrogen-bond donors (Lipinski definition) is 1. The van der Waals surface area contributed by atoms with Gasteiger partial charge < -0.3 is 19.5 Å². The van der Waals surface area contributed by atoms with E-state index in [1.165, 1.54) is 12.8 Å². The summed E-state index contributed by atoms with van der Waals surface area (Å²) in [7, 11) is 5.45. The summed E-state index contributed by atoms with van der Waals surface area (Å²) in [4.78, 5) is 23.0. The number of aliphatic hydroxyl groups is 1. The van der Waals surface area contributed by atoms with Gasteiger partial charge in [0.05, 0.1) is 21.1 Å². The zero-order valence-corrected chi connectivity index (χ0v) is 14.0. The lowest BCUT2D eigenvalue weighted by molar-refractivity contribution is -0.875. The minimum Gasteiger partial charge on any atom is -0.550 e. The van der Waals surface area contributed by atoms with Crippen molar-refractivity contribution in [1.82, 2.24) is 0 Å². The second kappa shape index (κ2) is 9.15. The number of carboxylic acid groups (broad SMARTS) is 1. The third-order valence-corrected chi connectivity index (χ3v) is 3.45. The van der Waals surface area contributed by atoms with Crippen LogP contribution in [0.15, 0.2) is 0 Å². The topological polar surface area (TPSA) is 77.4 Å². The largest absolute Gasteiger partial charge is 0.550 e. The summed E-state index contributed by atoms with van der Waals surface area (Å²) < 4.78 is 0.325. The number of aliphatic carboxylic acids is 1. The van der Waals surface area contributed by atoms with Crippen LogP contribution in [0.2, 0.25) is 0 Å². The maximum atomic E-state index is 12.2. The lowest BCUT2D eigenvalue weighted by Crippen LogP contribution is -2.56. The van der Waals surface area contributed by atoms with E-state index in [4.69, 9.17) is 0 Å². The first kappa shape index (κ1) is 20.1. The van der Waals surface area contributed by atoms with E-state index in [0.717, 1.165) is 19.3 Å². The lowest BCUT2D eigenvalue weighted by atomic mass is 9.89. The number of quaternary nitrogens is 1. The summed E-state index contributed by atoms with van der Waals surface area (Å²) in [5.74, 6) is -1.77. The lowest BCUT2D eigenvalue weighted by Gasteiger charge is -2.34. The van der Waals surface area contributed by atoms with Crippen molar-refractivity contribution in [3.05, 3.63) is 0 Å². The molecule has 0 spiro atoms. The van der Waals surface area contributed by atoms with Crippen LogP contribution in [0.25, 0.3) is 0 Å². The van der Waals surface area contributed by atoms with Crippen molar-refractivity contribution >= 4 is 11.8 Å². The fraction of sp³-hybridized carbons (Fsp3) is 0.875. The minimum atomic E-state index is -1.82. The Morgan fingerprint density at radius 2 is 1.57 bits per heavy atom. The van der Waals surface area contributed by atoms with E-state index in [-0.39, 0.29) is 18.7 Å². The zero-order valence-electron chi connectivity index (χ0n) is 14.0. The quantitative estimate of drug-likeness (QED) is 0.429. The molecule has 124 valence electrons. The summed E-state index contributed by atoms with van der Waals surface area (Å²) in [5.41, 5.74) is -1.82. The smallest absolute Gasteiger partial charge is 0.177 e. The van der Waals surface area contributed by atoms with Crippen LogP contribution in [0.3, 0.4) is 0 Å². The Bertz CT molecular complexity index is 336. The molecule has 1 atom stereocenters. The zero-order chi connectivity index (χ0) is 16.5. The maximum Gasteiger partial charge on any atom is 0.177 e. The molecule has 5 nitrogen and oxygen atoms in total. The molecule has 5 heteroatoms. The Morgan fingerprint density at radius 3 is 2.05 bits per heavy atom. The average molecular weight is 301 g/mol. The molecule has 0 fully saturated rings. The summed E-state index contributed by atoms with van der Waals surface area (Å²) in [6.07, 6.45) is 5.86. The highest BCUT2D eigenvalue weighted by molar-refractivity contribution is 5.90. The predicted molar refractivity (Wildman–Crippen MR) is 80.5 cm³/mol. The maximum absolute atomic E-state index is 12.2. The van der Waals surface area contributed by atoms with E-state index >= 15 is 0 Å². The summed E-state index contributed by atoms with van der Waals surface area (Å²) in [6, 6.07) is 0. The number of hydrogen-bond acceptors (Lipinski definition) is 4. The summed E-state index contributed by atoms with van der Waals surface area (Å²) in [6.45, 7) is 2.23. The van der Waals surface area contributed by atoms with Crippen LogP contribution < -0.4 is 5.11 Å². The number of Topliss-reactive ketones (excluding diaryl/α,β-unsaturated/α-hetero) is 1. The monoisotopic (exact) mass is 301 g/mol. The van der Waals surface area contributed by atoms with Crippen molar-refractivity contribution in [2.75, 3.05) is 27.7 Å². The van der Waals surface area contributed by atoms with Gasteiger partial charge in [0, 0.05) is 18.8 Å². The fourth-order valence-electron chi connectivity index (χ4n) is 2.56. The normalized spacial score (nSPS) is 14.7. The van der Waals surface area contributed by atoms with Gasteiger partial charge in [-0.25, -0.2) is 0 Å². The number of unbranched alkanes of at least 4 members (excludes halogenated alkanes) is 5. The molecule has 0 amide bonds. The number of rotatable bonds is 12. The van der Waals surface area contributed by atoms with E-state index in [0.29, 0.717) is 10.9 Å². The Balaban J connectivity index is 4.42. The van der Waals surface area contributed by atoms with Crippen molar-refractivity contribution in [2.24, 2.45) is 0 Å². The minimum absolute atomic E-state index is 0.0790. The number of likely N-dealkylation sites (N-methyl/N-ethyl adjacent to an activating group) is 1. The Morgan fingerprint density at radius 1 is 1.05 bits per heavy atom. The molecular formula is C16H31NO4. The molecule has 0 aromatic heterocycles. The van der Waals surface area contributed by atoms with Gasteiger partial charge in [-0.1, -0.05) is 39.0 Å². The van der Waals surface area contributed by atoms with Gasteiger partial charge >= 0.3 is 0 Å². The molecule has 0 aromatic rings. The van der Waals surface area contributed by atoms with Crippen molar-refractivity contribution < 1.29 is 24.3 Å². The number of ketones is 1. The van der Waals surface area contributed by atoms with Gasteiger partial charge in [-0.15, -0.1) is 0 Å².